The molecule has 0 unspecified atom stereocenters. The van der Waals surface area contributed by atoms with Gasteiger partial charge in [-0.15, -0.1) is 0 Å². The molecule has 0 saturated carbocycles. The molecular formula is C12H12NO. The Bertz CT molecular complexity index is 353. The van der Waals surface area contributed by atoms with Crippen molar-refractivity contribution in [3.05, 3.63) is 54.9 Å². The van der Waals surface area contributed by atoms with Crippen molar-refractivity contribution in [3.8, 4) is 5.75 Å². The molecule has 0 spiro atoms. The molecule has 2 rings (SSSR count). The summed E-state index contributed by atoms with van der Waals surface area (Å²) >= 11 is 0. The molecule has 1 heterocycles. The third-order valence-corrected chi connectivity index (χ3v) is 1.97. The van der Waals surface area contributed by atoms with Gasteiger partial charge < -0.3 is 9.30 Å². The summed E-state index contributed by atoms with van der Waals surface area (Å²) in [4.78, 5) is 0. The highest BCUT2D eigenvalue weighted by Gasteiger charge is 1.91. The van der Waals surface area contributed by atoms with Gasteiger partial charge in [0.15, 0.2) is 0 Å². The van der Waals surface area contributed by atoms with E-state index in [1.165, 1.54) is 0 Å². The lowest BCUT2D eigenvalue weighted by Gasteiger charge is -2.06. The van der Waals surface area contributed by atoms with E-state index in [2.05, 4.69) is 10.6 Å². The largest absolute Gasteiger partial charge is 0.492 e. The molecule has 2 aromatic rings. The van der Waals surface area contributed by atoms with Gasteiger partial charge in [0, 0.05) is 12.4 Å². The van der Waals surface area contributed by atoms with Gasteiger partial charge >= 0.3 is 0 Å². The van der Waals surface area contributed by atoms with Gasteiger partial charge in [-0.25, -0.2) is 0 Å². The minimum atomic E-state index is 0.693. The molecule has 0 saturated heterocycles. The SMILES string of the molecule is [c]1ccc(OCCn2cccc2)cc1. The first kappa shape index (κ1) is 8.88. The van der Waals surface area contributed by atoms with Crippen LogP contribution in [0.4, 0.5) is 0 Å². The van der Waals surface area contributed by atoms with E-state index >= 15 is 0 Å². The zero-order valence-corrected chi connectivity index (χ0v) is 7.89. The van der Waals surface area contributed by atoms with Crippen LogP contribution >= 0.6 is 0 Å². The van der Waals surface area contributed by atoms with Crippen LogP contribution in [-0.2, 0) is 6.54 Å². The molecule has 71 valence electrons. The normalized spacial score (nSPS) is 10.0. The van der Waals surface area contributed by atoms with Crippen LogP contribution < -0.4 is 4.74 Å². The summed E-state index contributed by atoms with van der Waals surface area (Å²) < 4.78 is 7.63. The lowest BCUT2D eigenvalue weighted by Crippen LogP contribution is -2.05. The third-order valence-electron chi connectivity index (χ3n) is 1.97. The van der Waals surface area contributed by atoms with Crippen molar-refractivity contribution < 1.29 is 4.74 Å². The lowest BCUT2D eigenvalue weighted by atomic mass is 10.3. The number of ether oxygens (including phenoxy) is 1. The highest BCUT2D eigenvalue weighted by Crippen LogP contribution is 2.07. The smallest absolute Gasteiger partial charge is 0.119 e. The van der Waals surface area contributed by atoms with Crippen LogP contribution in [-0.4, -0.2) is 11.2 Å². The molecule has 1 radical (unpaired) electrons. The fourth-order valence-electron chi connectivity index (χ4n) is 1.26. The molecule has 0 bridgehead atoms. The van der Waals surface area contributed by atoms with Gasteiger partial charge in [0.25, 0.3) is 0 Å². The predicted octanol–water partition coefficient (Wildman–Crippen LogP) is 2.37. The molecule has 0 amide bonds. The Kier molecular flexibility index (Phi) is 2.86. The molecule has 0 N–H and O–H groups in total. The van der Waals surface area contributed by atoms with Crippen molar-refractivity contribution in [2.45, 2.75) is 6.54 Å². The number of aromatic nitrogens is 1. The summed E-state index contributed by atoms with van der Waals surface area (Å²) in [5, 5.41) is 0. The predicted molar refractivity (Wildman–Crippen MR) is 55.2 cm³/mol. The number of benzene rings is 1. The van der Waals surface area contributed by atoms with E-state index in [9.17, 15) is 0 Å². The second-order valence-corrected chi connectivity index (χ2v) is 3.01. The van der Waals surface area contributed by atoms with Crippen LogP contribution in [0.3, 0.4) is 0 Å². The van der Waals surface area contributed by atoms with Gasteiger partial charge in [-0.2, -0.15) is 0 Å². The monoisotopic (exact) mass is 186 g/mol. The van der Waals surface area contributed by atoms with Gasteiger partial charge in [0.2, 0.25) is 0 Å². The van der Waals surface area contributed by atoms with E-state index < -0.39 is 0 Å². The van der Waals surface area contributed by atoms with Gasteiger partial charge in [-0.05, 0) is 30.3 Å². The summed E-state index contributed by atoms with van der Waals surface area (Å²) in [5.41, 5.74) is 0. The minimum absolute atomic E-state index is 0.693. The topological polar surface area (TPSA) is 14.2 Å². The second-order valence-electron chi connectivity index (χ2n) is 3.01. The van der Waals surface area contributed by atoms with Crippen molar-refractivity contribution in [3.63, 3.8) is 0 Å². The minimum Gasteiger partial charge on any atom is -0.492 e. The van der Waals surface area contributed by atoms with Crippen LogP contribution in [0.2, 0.25) is 0 Å². The molecular weight excluding hydrogens is 174 g/mol. The van der Waals surface area contributed by atoms with E-state index in [1.807, 2.05) is 48.8 Å². The second kappa shape index (κ2) is 4.51. The molecule has 2 nitrogen and oxygen atoms in total. The maximum absolute atomic E-state index is 5.54. The van der Waals surface area contributed by atoms with Crippen LogP contribution in [0, 0.1) is 6.07 Å². The van der Waals surface area contributed by atoms with Crippen LogP contribution in [0.1, 0.15) is 0 Å². The summed E-state index contributed by atoms with van der Waals surface area (Å²) in [6.07, 6.45) is 4.06. The highest BCUT2D eigenvalue weighted by molar-refractivity contribution is 5.20. The van der Waals surface area contributed by atoms with E-state index in [-0.39, 0.29) is 0 Å². The van der Waals surface area contributed by atoms with Crippen LogP contribution in [0.25, 0.3) is 0 Å². The molecule has 0 fully saturated rings. The number of rotatable bonds is 4. The maximum Gasteiger partial charge on any atom is 0.119 e. The van der Waals surface area contributed by atoms with Gasteiger partial charge in [-0.1, -0.05) is 12.1 Å². The summed E-state index contributed by atoms with van der Waals surface area (Å²) in [5.74, 6) is 0.899. The fraction of sp³-hybridized carbons (Fsp3) is 0.167. The average molecular weight is 186 g/mol. The molecule has 14 heavy (non-hydrogen) atoms. The molecule has 1 aromatic heterocycles. The van der Waals surface area contributed by atoms with E-state index in [0.717, 1.165) is 12.3 Å². The lowest BCUT2D eigenvalue weighted by molar-refractivity contribution is 0.298. The maximum atomic E-state index is 5.54. The van der Waals surface area contributed by atoms with Crippen molar-refractivity contribution in [1.29, 1.82) is 0 Å². The van der Waals surface area contributed by atoms with Crippen molar-refractivity contribution in [2.24, 2.45) is 0 Å². The highest BCUT2D eigenvalue weighted by atomic mass is 16.5. The van der Waals surface area contributed by atoms with Gasteiger partial charge in [-0.3, -0.25) is 0 Å². The quantitative estimate of drug-likeness (QED) is 0.715. The van der Waals surface area contributed by atoms with Crippen molar-refractivity contribution >= 4 is 0 Å². The first-order chi connectivity index (χ1) is 6.95. The van der Waals surface area contributed by atoms with Crippen LogP contribution in [0.15, 0.2) is 48.8 Å². The first-order valence-electron chi connectivity index (χ1n) is 4.65. The van der Waals surface area contributed by atoms with Gasteiger partial charge in [0.05, 0.1) is 6.54 Å². The number of hydrogen-bond acceptors (Lipinski definition) is 1. The zero-order valence-electron chi connectivity index (χ0n) is 7.89. The van der Waals surface area contributed by atoms with Gasteiger partial charge in [0.1, 0.15) is 12.4 Å². The molecule has 2 heteroatoms. The third kappa shape index (κ3) is 2.39. The molecule has 0 aliphatic carbocycles. The Morgan fingerprint density at radius 1 is 1.14 bits per heavy atom. The Hall–Kier alpha value is -1.70. The summed E-state index contributed by atoms with van der Waals surface area (Å²) in [6, 6.07) is 14.5. The molecule has 1 aromatic carbocycles. The first-order valence-corrected chi connectivity index (χ1v) is 4.65. The van der Waals surface area contributed by atoms with E-state index in [4.69, 9.17) is 4.74 Å². The van der Waals surface area contributed by atoms with E-state index in [0.29, 0.717) is 6.61 Å². The fourth-order valence-corrected chi connectivity index (χ4v) is 1.26. The molecule has 0 atom stereocenters. The van der Waals surface area contributed by atoms with Crippen molar-refractivity contribution in [1.82, 2.24) is 4.57 Å². The number of hydrogen-bond donors (Lipinski definition) is 0. The molecule has 0 aliphatic rings. The summed E-state index contributed by atoms with van der Waals surface area (Å²) in [6.45, 7) is 1.57. The Morgan fingerprint density at radius 3 is 2.57 bits per heavy atom. The standard InChI is InChI=1S/C12H12NO/c1-2-6-12(7-3-1)14-11-10-13-8-4-5-9-13/h2-9H,10-11H2. The van der Waals surface area contributed by atoms with E-state index in [1.54, 1.807) is 0 Å². The Balaban J connectivity index is 1.79. The molecule has 0 aliphatic heterocycles. The Labute approximate surface area is 83.8 Å². The zero-order chi connectivity index (χ0) is 9.64. The number of nitrogens with zero attached hydrogens (tertiary/aromatic N) is 1. The average Bonchev–Trinajstić information content (AvgIpc) is 2.72. The Morgan fingerprint density at radius 2 is 1.86 bits per heavy atom. The van der Waals surface area contributed by atoms with Crippen LogP contribution in [0.5, 0.6) is 5.75 Å². The summed E-state index contributed by atoms with van der Waals surface area (Å²) in [7, 11) is 0. The van der Waals surface area contributed by atoms with Crippen molar-refractivity contribution in [2.75, 3.05) is 6.61 Å².